The Morgan fingerprint density at radius 3 is 2.90 bits per heavy atom. The van der Waals surface area contributed by atoms with Gasteiger partial charge >= 0.3 is 0 Å². The van der Waals surface area contributed by atoms with E-state index in [-0.39, 0.29) is 0 Å². The molecule has 0 radical (unpaired) electrons. The third kappa shape index (κ3) is 3.49. The minimum Gasteiger partial charge on any atom is -0.354 e. The average Bonchev–Trinajstić information content (AvgIpc) is 2.48. The molecular formula is C17H23N3S. The first kappa shape index (κ1) is 14.6. The number of anilines is 1. The van der Waals surface area contributed by atoms with E-state index >= 15 is 0 Å². The van der Waals surface area contributed by atoms with Crippen LogP contribution in [-0.4, -0.2) is 21.8 Å². The molecule has 1 saturated carbocycles. The van der Waals surface area contributed by atoms with Crippen LogP contribution in [0.4, 0.5) is 5.95 Å². The highest BCUT2D eigenvalue weighted by Gasteiger charge is 2.21. The van der Waals surface area contributed by atoms with Crippen molar-refractivity contribution in [1.29, 1.82) is 0 Å². The third-order valence-corrected chi connectivity index (χ3v) is 5.37. The van der Waals surface area contributed by atoms with Gasteiger partial charge in [-0.1, -0.05) is 38.0 Å². The molecule has 3 nitrogen and oxygen atoms in total. The topological polar surface area (TPSA) is 37.8 Å². The Hall–Kier alpha value is -1.29. The van der Waals surface area contributed by atoms with Crippen LogP contribution in [0.3, 0.4) is 0 Å². The van der Waals surface area contributed by atoms with E-state index in [1.54, 1.807) is 0 Å². The van der Waals surface area contributed by atoms with Crippen LogP contribution in [0.15, 0.2) is 29.3 Å². The summed E-state index contributed by atoms with van der Waals surface area (Å²) in [4.78, 5) is 9.35. The first-order valence-electron chi connectivity index (χ1n) is 7.93. The molecule has 1 fully saturated rings. The van der Waals surface area contributed by atoms with Crippen molar-refractivity contribution < 1.29 is 0 Å². The smallest absolute Gasteiger partial charge is 0.224 e. The first-order chi connectivity index (χ1) is 10.3. The molecule has 1 N–H and O–H groups in total. The molecule has 3 rings (SSSR count). The molecule has 0 amide bonds. The van der Waals surface area contributed by atoms with Crippen molar-refractivity contribution in [2.75, 3.05) is 11.9 Å². The summed E-state index contributed by atoms with van der Waals surface area (Å²) >= 11 is 1.95. The summed E-state index contributed by atoms with van der Waals surface area (Å²) in [6, 6.07) is 8.33. The third-order valence-electron chi connectivity index (χ3n) is 4.07. The van der Waals surface area contributed by atoms with Gasteiger partial charge in [-0.3, -0.25) is 0 Å². The van der Waals surface area contributed by atoms with Gasteiger partial charge in [0.25, 0.3) is 0 Å². The van der Waals surface area contributed by atoms with Crippen LogP contribution < -0.4 is 5.32 Å². The molecule has 0 bridgehead atoms. The number of hydrogen-bond acceptors (Lipinski definition) is 4. The van der Waals surface area contributed by atoms with E-state index in [4.69, 9.17) is 4.98 Å². The van der Waals surface area contributed by atoms with E-state index in [2.05, 4.69) is 42.3 Å². The number of hydrogen-bond donors (Lipinski definition) is 1. The maximum atomic E-state index is 4.75. The lowest BCUT2D eigenvalue weighted by Crippen LogP contribution is -2.15. The number of nitrogens with zero attached hydrogens (tertiary/aromatic N) is 2. The highest BCUT2D eigenvalue weighted by molar-refractivity contribution is 8.00. The number of nitrogens with one attached hydrogen (secondary N) is 1. The number of thioether (sulfide) groups is 1. The van der Waals surface area contributed by atoms with Gasteiger partial charge < -0.3 is 5.32 Å². The predicted octanol–water partition coefficient (Wildman–Crippen LogP) is 4.73. The van der Waals surface area contributed by atoms with Crippen LogP contribution in [0.25, 0.3) is 10.9 Å². The Kier molecular flexibility index (Phi) is 4.63. The summed E-state index contributed by atoms with van der Waals surface area (Å²) < 4.78 is 0. The van der Waals surface area contributed by atoms with Crippen LogP contribution in [-0.2, 0) is 0 Å². The second-order valence-corrected chi connectivity index (χ2v) is 7.20. The van der Waals surface area contributed by atoms with Gasteiger partial charge in [-0.2, -0.15) is 0 Å². The lowest BCUT2D eigenvalue weighted by molar-refractivity contribution is 0.394. The monoisotopic (exact) mass is 301 g/mol. The first-order valence-corrected chi connectivity index (χ1v) is 8.81. The van der Waals surface area contributed by atoms with Crippen molar-refractivity contribution in [3.05, 3.63) is 24.3 Å². The molecule has 2 atom stereocenters. The van der Waals surface area contributed by atoms with E-state index in [0.717, 1.165) is 29.0 Å². The van der Waals surface area contributed by atoms with Gasteiger partial charge in [0.05, 0.1) is 5.52 Å². The molecule has 21 heavy (non-hydrogen) atoms. The second-order valence-electron chi connectivity index (χ2n) is 5.91. The molecule has 0 saturated heterocycles. The summed E-state index contributed by atoms with van der Waals surface area (Å²) in [5.41, 5.74) is 1.04. The second kappa shape index (κ2) is 6.65. The Morgan fingerprint density at radius 2 is 2.10 bits per heavy atom. The van der Waals surface area contributed by atoms with E-state index < -0.39 is 0 Å². The fraction of sp³-hybridized carbons (Fsp3) is 0.529. The van der Waals surface area contributed by atoms with E-state index in [0.29, 0.717) is 5.25 Å². The van der Waals surface area contributed by atoms with Crippen LogP contribution >= 0.6 is 11.8 Å². The van der Waals surface area contributed by atoms with Crippen molar-refractivity contribution >= 4 is 28.6 Å². The minimum atomic E-state index is 0.696. The quantitative estimate of drug-likeness (QED) is 0.828. The molecule has 0 aliphatic heterocycles. The number of rotatable bonds is 4. The molecule has 2 aromatic rings. The molecular weight excluding hydrogens is 278 g/mol. The Labute approximate surface area is 131 Å². The normalized spacial score (nSPS) is 22.4. The highest BCUT2D eigenvalue weighted by atomic mass is 32.2. The zero-order valence-electron chi connectivity index (χ0n) is 12.8. The largest absolute Gasteiger partial charge is 0.354 e. The van der Waals surface area contributed by atoms with Crippen molar-refractivity contribution in [3.63, 3.8) is 0 Å². The lowest BCUT2D eigenvalue weighted by atomic mass is 9.91. The van der Waals surface area contributed by atoms with E-state index in [9.17, 15) is 0 Å². The van der Waals surface area contributed by atoms with Gasteiger partial charge in [0.2, 0.25) is 5.95 Å². The highest BCUT2D eigenvalue weighted by Crippen LogP contribution is 2.38. The van der Waals surface area contributed by atoms with Gasteiger partial charge in [0.15, 0.2) is 0 Å². The molecule has 1 aliphatic carbocycles. The maximum Gasteiger partial charge on any atom is 0.224 e. The summed E-state index contributed by atoms with van der Waals surface area (Å²) in [6.07, 6.45) is 5.34. The number of para-hydroxylation sites is 1. The zero-order chi connectivity index (χ0) is 14.7. The van der Waals surface area contributed by atoms with Gasteiger partial charge in [0, 0.05) is 17.2 Å². The van der Waals surface area contributed by atoms with Crippen LogP contribution in [0.1, 0.15) is 39.5 Å². The van der Waals surface area contributed by atoms with Gasteiger partial charge in [-0.05, 0) is 31.7 Å². The number of benzene rings is 1. The molecule has 2 unspecified atom stereocenters. The van der Waals surface area contributed by atoms with Crippen molar-refractivity contribution in [1.82, 2.24) is 9.97 Å². The summed E-state index contributed by atoms with van der Waals surface area (Å²) in [5, 5.41) is 6.26. The van der Waals surface area contributed by atoms with Crippen molar-refractivity contribution in [2.45, 2.75) is 49.8 Å². The standard InChI is InChI=1S/C17H23N3S/c1-3-18-17-19-15-10-5-4-9-14(15)16(20-17)21-13-8-6-7-12(2)11-13/h4-5,9-10,12-13H,3,6-8,11H2,1-2H3,(H,18,19,20). The van der Waals surface area contributed by atoms with Gasteiger partial charge in [0.1, 0.15) is 5.03 Å². The Morgan fingerprint density at radius 1 is 1.24 bits per heavy atom. The van der Waals surface area contributed by atoms with Gasteiger partial charge in [-0.25, -0.2) is 9.97 Å². The zero-order valence-corrected chi connectivity index (χ0v) is 13.6. The van der Waals surface area contributed by atoms with Crippen LogP contribution in [0, 0.1) is 5.92 Å². The van der Waals surface area contributed by atoms with Crippen molar-refractivity contribution in [3.8, 4) is 0 Å². The van der Waals surface area contributed by atoms with Crippen molar-refractivity contribution in [2.24, 2.45) is 5.92 Å². The molecule has 1 heterocycles. The number of aromatic nitrogens is 2. The van der Waals surface area contributed by atoms with E-state index in [1.807, 2.05) is 17.8 Å². The molecule has 0 spiro atoms. The summed E-state index contributed by atoms with van der Waals surface area (Å²) in [5.74, 6) is 1.60. The Bertz CT molecular complexity index is 614. The summed E-state index contributed by atoms with van der Waals surface area (Å²) in [7, 11) is 0. The van der Waals surface area contributed by atoms with Crippen LogP contribution in [0.5, 0.6) is 0 Å². The maximum absolute atomic E-state index is 4.75. The molecule has 112 valence electrons. The average molecular weight is 301 g/mol. The Balaban J connectivity index is 1.91. The molecule has 1 aromatic carbocycles. The molecule has 1 aliphatic rings. The predicted molar refractivity (Wildman–Crippen MR) is 91.0 cm³/mol. The van der Waals surface area contributed by atoms with E-state index in [1.165, 1.54) is 31.1 Å². The fourth-order valence-electron chi connectivity index (χ4n) is 3.02. The SMILES string of the molecule is CCNc1nc(SC2CCCC(C)C2)c2ccccc2n1. The summed E-state index contributed by atoms with van der Waals surface area (Å²) in [6.45, 7) is 5.30. The lowest BCUT2D eigenvalue weighted by Gasteiger charge is -2.26. The van der Waals surface area contributed by atoms with Crippen LogP contribution in [0.2, 0.25) is 0 Å². The minimum absolute atomic E-state index is 0.696. The van der Waals surface area contributed by atoms with Gasteiger partial charge in [-0.15, -0.1) is 11.8 Å². The fourth-order valence-corrected chi connectivity index (χ4v) is 4.48. The number of fused-ring (bicyclic) bond motifs is 1. The molecule has 4 heteroatoms. The molecule has 1 aromatic heterocycles.